The van der Waals surface area contributed by atoms with Crippen LogP contribution in [-0.2, 0) is 0 Å². The molecule has 0 spiro atoms. The Hall–Kier alpha value is -0.980. The molecule has 1 nitrogen and oxygen atoms in total. The van der Waals surface area contributed by atoms with Gasteiger partial charge >= 0.3 is 0 Å². The molecule has 0 amide bonds. The Morgan fingerprint density at radius 1 is 1.20 bits per heavy atom. The van der Waals surface area contributed by atoms with Crippen LogP contribution in [0.25, 0.3) is 0 Å². The molecular formula is C14H26O. The van der Waals surface area contributed by atoms with Crippen molar-refractivity contribution in [1.82, 2.24) is 0 Å². The zero-order valence-electron chi connectivity index (χ0n) is 11.3. The summed E-state index contributed by atoms with van der Waals surface area (Å²) in [6, 6.07) is 0. The van der Waals surface area contributed by atoms with Gasteiger partial charge in [0.05, 0.1) is 0 Å². The van der Waals surface area contributed by atoms with Crippen LogP contribution in [0, 0.1) is 5.41 Å². The van der Waals surface area contributed by atoms with E-state index in [0.29, 0.717) is 0 Å². The Morgan fingerprint density at radius 3 is 1.80 bits per heavy atom. The van der Waals surface area contributed by atoms with Gasteiger partial charge in [0.25, 0.3) is 0 Å². The minimum Gasteiger partial charge on any atom is -0.508 e. The molecule has 0 aliphatic carbocycles. The van der Waals surface area contributed by atoms with E-state index < -0.39 is 0 Å². The lowest BCUT2D eigenvalue weighted by Crippen LogP contribution is -2.11. The van der Waals surface area contributed by atoms with Crippen LogP contribution in [0.2, 0.25) is 0 Å². The van der Waals surface area contributed by atoms with Gasteiger partial charge in [0.15, 0.2) is 0 Å². The standard InChI is InChI=1S/C12H20O.C2H6/c1-7-9(2)8-11(10(3)13)12(4,5)6;1-2/h7-8,13H,3H2,1-2,4-6H3;1-2H3/b9-7-,11-8+;. The minimum atomic E-state index is -0.0594. The summed E-state index contributed by atoms with van der Waals surface area (Å²) >= 11 is 0. The third-order valence-corrected chi connectivity index (χ3v) is 1.95. The van der Waals surface area contributed by atoms with Crippen molar-refractivity contribution < 1.29 is 5.11 Å². The van der Waals surface area contributed by atoms with Crippen LogP contribution >= 0.6 is 0 Å². The second kappa shape index (κ2) is 7.33. The number of aliphatic hydroxyl groups excluding tert-OH is 1. The zero-order chi connectivity index (χ0) is 12.6. The van der Waals surface area contributed by atoms with Crippen LogP contribution < -0.4 is 0 Å². The molecule has 15 heavy (non-hydrogen) atoms. The maximum Gasteiger partial charge on any atom is 0.112 e. The number of allylic oxidation sites excluding steroid dienone is 4. The maximum atomic E-state index is 9.40. The van der Waals surface area contributed by atoms with Crippen molar-refractivity contribution in [3.63, 3.8) is 0 Å². The van der Waals surface area contributed by atoms with Gasteiger partial charge < -0.3 is 5.11 Å². The molecule has 0 aromatic carbocycles. The van der Waals surface area contributed by atoms with E-state index in [9.17, 15) is 5.11 Å². The molecule has 0 aromatic rings. The lowest BCUT2D eigenvalue weighted by atomic mass is 9.84. The highest BCUT2D eigenvalue weighted by Gasteiger charge is 2.18. The Bertz CT molecular complexity index is 249. The van der Waals surface area contributed by atoms with Crippen LogP contribution in [0.4, 0.5) is 0 Å². The van der Waals surface area contributed by atoms with E-state index in [1.165, 1.54) is 0 Å². The smallest absolute Gasteiger partial charge is 0.112 e. The van der Waals surface area contributed by atoms with Gasteiger partial charge in [-0.15, -0.1) is 0 Å². The fraction of sp³-hybridized carbons (Fsp3) is 0.571. The van der Waals surface area contributed by atoms with Crippen LogP contribution in [0.15, 0.2) is 35.6 Å². The third-order valence-electron chi connectivity index (χ3n) is 1.95. The predicted molar refractivity (Wildman–Crippen MR) is 70.1 cm³/mol. The Morgan fingerprint density at radius 2 is 1.60 bits per heavy atom. The largest absolute Gasteiger partial charge is 0.508 e. The molecule has 0 saturated carbocycles. The molecule has 0 bridgehead atoms. The van der Waals surface area contributed by atoms with Crippen molar-refractivity contribution in [2.75, 3.05) is 0 Å². The summed E-state index contributed by atoms with van der Waals surface area (Å²) in [7, 11) is 0. The van der Waals surface area contributed by atoms with Crippen LogP contribution in [0.1, 0.15) is 48.5 Å². The summed E-state index contributed by atoms with van der Waals surface area (Å²) in [6.07, 6.45) is 3.98. The second-order valence-electron chi connectivity index (χ2n) is 4.29. The quantitative estimate of drug-likeness (QED) is 0.501. The van der Waals surface area contributed by atoms with Gasteiger partial charge in [-0.05, 0) is 24.8 Å². The molecule has 0 fully saturated rings. The number of hydrogen-bond donors (Lipinski definition) is 1. The highest BCUT2D eigenvalue weighted by molar-refractivity contribution is 5.34. The normalized spacial score (nSPS) is 13.0. The SMILES string of the molecule is C=C(O)/C(=C\C(C)=C/C)C(C)(C)C.CC. The summed E-state index contributed by atoms with van der Waals surface area (Å²) in [5, 5.41) is 9.40. The van der Waals surface area contributed by atoms with Gasteiger partial charge in [0, 0.05) is 0 Å². The first-order chi connectivity index (χ1) is 6.79. The molecule has 0 atom stereocenters. The van der Waals surface area contributed by atoms with Crippen molar-refractivity contribution in [2.45, 2.75) is 48.5 Å². The van der Waals surface area contributed by atoms with Crippen molar-refractivity contribution in [3.05, 3.63) is 35.6 Å². The molecule has 0 unspecified atom stereocenters. The summed E-state index contributed by atoms with van der Waals surface area (Å²) in [5.74, 6) is 0.161. The molecule has 88 valence electrons. The number of rotatable bonds is 2. The summed E-state index contributed by atoms with van der Waals surface area (Å²) in [5.41, 5.74) is 1.97. The monoisotopic (exact) mass is 210 g/mol. The molecule has 0 heterocycles. The van der Waals surface area contributed by atoms with Gasteiger partial charge in [-0.1, -0.05) is 58.9 Å². The molecular weight excluding hydrogens is 184 g/mol. The average Bonchev–Trinajstić information content (AvgIpc) is 2.14. The van der Waals surface area contributed by atoms with Crippen molar-refractivity contribution in [2.24, 2.45) is 5.41 Å². The van der Waals surface area contributed by atoms with E-state index in [2.05, 4.69) is 27.4 Å². The van der Waals surface area contributed by atoms with Crippen LogP contribution in [-0.4, -0.2) is 5.11 Å². The number of hydrogen-bond acceptors (Lipinski definition) is 1. The van der Waals surface area contributed by atoms with Gasteiger partial charge in [-0.2, -0.15) is 0 Å². The van der Waals surface area contributed by atoms with Gasteiger partial charge in [-0.25, -0.2) is 0 Å². The molecule has 0 aromatic heterocycles. The molecule has 0 saturated heterocycles. The predicted octanol–water partition coefficient (Wildman–Crippen LogP) is 5.02. The summed E-state index contributed by atoms with van der Waals surface area (Å²) < 4.78 is 0. The Kier molecular flexibility index (Phi) is 8.04. The molecule has 0 rings (SSSR count). The van der Waals surface area contributed by atoms with E-state index in [0.717, 1.165) is 11.1 Å². The molecule has 1 heteroatoms. The van der Waals surface area contributed by atoms with Gasteiger partial charge in [-0.3, -0.25) is 0 Å². The first kappa shape index (κ1) is 16.4. The van der Waals surface area contributed by atoms with Gasteiger partial charge in [0.1, 0.15) is 5.76 Å². The molecule has 0 radical (unpaired) electrons. The highest BCUT2D eigenvalue weighted by Crippen LogP contribution is 2.30. The van der Waals surface area contributed by atoms with E-state index in [1.807, 2.05) is 39.8 Å². The zero-order valence-corrected chi connectivity index (χ0v) is 11.3. The summed E-state index contributed by atoms with van der Waals surface area (Å²) in [6.45, 7) is 17.7. The topological polar surface area (TPSA) is 20.2 Å². The van der Waals surface area contributed by atoms with Crippen LogP contribution in [0.3, 0.4) is 0 Å². The first-order valence-corrected chi connectivity index (χ1v) is 5.52. The Labute approximate surface area is 95.2 Å². The van der Waals surface area contributed by atoms with Gasteiger partial charge in [0.2, 0.25) is 0 Å². The molecule has 0 aliphatic heterocycles. The number of aliphatic hydroxyl groups is 1. The fourth-order valence-corrected chi connectivity index (χ4v) is 1.04. The van der Waals surface area contributed by atoms with Crippen LogP contribution in [0.5, 0.6) is 0 Å². The lowest BCUT2D eigenvalue weighted by molar-refractivity contribution is 0.381. The van der Waals surface area contributed by atoms with Crippen molar-refractivity contribution >= 4 is 0 Å². The van der Waals surface area contributed by atoms with E-state index >= 15 is 0 Å². The molecule has 0 aliphatic rings. The van der Waals surface area contributed by atoms with E-state index in [-0.39, 0.29) is 11.2 Å². The Balaban J connectivity index is 0. The fourth-order valence-electron chi connectivity index (χ4n) is 1.04. The first-order valence-electron chi connectivity index (χ1n) is 5.52. The molecule has 1 N–H and O–H groups in total. The van der Waals surface area contributed by atoms with Crippen molar-refractivity contribution in [1.29, 1.82) is 0 Å². The lowest BCUT2D eigenvalue weighted by Gasteiger charge is -2.22. The highest BCUT2D eigenvalue weighted by atomic mass is 16.3. The van der Waals surface area contributed by atoms with E-state index in [1.54, 1.807) is 0 Å². The van der Waals surface area contributed by atoms with Crippen molar-refractivity contribution in [3.8, 4) is 0 Å². The third kappa shape index (κ3) is 7.01. The minimum absolute atomic E-state index is 0.0594. The maximum absolute atomic E-state index is 9.40. The van der Waals surface area contributed by atoms with E-state index in [4.69, 9.17) is 0 Å². The second-order valence-corrected chi connectivity index (χ2v) is 4.29. The average molecular weight is 210 g/mol. The summed E-state index contributed by atoms with van der Waals surface area (Å²) in [4.78, 5) is 0.